The van der Waals surface area contributed by atoms with Crippen LogP contribution in [0.15, 0.2) is 0 Å². The molecule has 0 aliphatic heterocycles. The van der Waals surface area contributed by atoms with E-state index in [-0.39, 0.29) is 5.41 Å². The van der Waals surface area contributed by atoms with Crippen LogP contribution in [0.4, 0.5) is 0 Å². The molecular weight excluding hydrogens is 228 g/mol. The molecule has 108 valence electrons. The molecule has 0 spiro atoms. The van der Waals surface area contributed by atoms with Crippen molar-refractivity contribution in [2.75, 3.05) is 26.7 Å². The average molecular weight is 258 g/mol. The van der Waals surface area contributed by atoms with Gasteiger partial charge in [0.1, 0.15) is 5.54 Å². The smallest absolute Gasteiger partial charge is 0.323 e. The fraction of sp³-hybridized carbons (Fsp3) is 0.929. The molecule has 0 saturated carbocycles. The summed E-state index contributed by atoms with van der Waals surface area (Å²) in [6.45, 7) is 13.0. The summed E-state index contributed by atoms with van der Waals surface area (Å²) in [5.41, 5.74) is -0.510. The van der Waals surface area contributed by atoms with Crippen LogP contribution in [0.25, 0.3) is 0 Å². The van der Waals surface area contributed by atoms with Gasteiger partial charge in [0.25, 0.3) is 0 Å². The van der Waals surface area contributed by atoms with Gasteiger partial charge in [-0.2, -0.15) is 0 Å². The van der Waals surface area contributed by atoms with Gasteiger partial charge in [0.2, 0.25) is 0 Å². The molecule has 0 radical (unpaired) electrons. The minimum atomic E-state index is -0.794. The predicted octanol–water partition coefficient (Wildman–Crippen LogP) is 2.20. The highest BCUT2D eigenvalue weighted by atomic mass is 16.4. The predicted molar refractivity (Wildman–Crippen MR) is 75.9 cm³/mol. The van der Waals surface area contributed by atoms with Crippen LogP contribution in [-0.4, -0.2) is 48.2 Å². The molecule has 0 aliphatic carbocycles. The van der Waals surface area contributed by atoms with E-state index in [0.717, 1.165) is 19.5 Å². The zero-order valence-electron chi connectivity index (χ0n) is 12.8. The lowest BCUT2D eigenvalue weighted by atomic mass is 9.94. The standard InChI is InChI=1S/C14H30N2O2/c1-7-15-14(5,12(17)18)9-8-10-16(6)11-13(2,3)4/h15H,7-11H2,1-6H3,(H,17,18). The highest BCUT2D eigenvalue weighted by Crippen LogP contribution is 2.16. The molecule has 1 atom stereocenters. The monoisotopic (exact) mass is 258 g/mol. The van der Waals surface area contributed by atoms with Crippen LogP contribution in [0.1, 0.15) is 47.5 Å². The van der Waals surface area contributed by atoms with E-state index in [4.69, 9.17) is 0 Å². The normalized spacial score (nSPS) is 15.7. The molecule has 0 aliphatic rings. The second-order valence-electron chi connectivity index (χ2n) is 6.57. The molecule has 18 heavy (non-hydrogen) atoms. The van der Waals surface area contributed by atoms with Gasteiger partial charge < -0.3 is 15.3 Å². The van der Waals surface area contributed by atoms with Crippen LogP contribution in [0, 0.1) is 5.41 Å². The highest BCUT2D eigenvalue weighted by molar-refractivity contribution is 5.78. The Morgan fingerprint density at radius 1 is 1.28 bits per heavy atom. The molecular formula is C14H30N2O2. The Bertz CT molecular complexity index is 261. The maximum Gasteiger partial charge on any atom is 0.323 e. The van der Waals surface area contributed by atoms with Gasteiger partial charge in [0, 0.05) is 6.54 Å². The summed E-state index contributed by atoms with van der Waals surface area (Å²) in [7, 11) is 2.09. The van der Waals surface area contributed by atoms with Crippen molar-refractivity contribution in [1.82, 2.24) is 10.2 Å². The topological polar surface area (TPSA) is 52.6 Å². The van der Waals surface area contributed by atoms with Crippen molar-refractivity contribution in [3.05, 3.63) is 0 Å². The quantitative estimate of drug-likeness (QED) is 0.701. The van der Waals surface area contributed by atoms with Crippen molar-refractivity contribution in [2.24, 2.45) is 5.41 Å². The minimum Gasteiger partial charge on any atom is -0.480 e. The fourth-order valence-corrected chi connectivity index (χ4v) is 2.25. The summed E-state index contributed by atoms with van der Waals surface area (Å²) in [5, 5.41) is 12.3. The van der Waals surface area contributed by atoms with Crippen LogP contribution in [0.3, 0.4) is 0 Å². The number of nitrogens with one attached hydrogen (secondary N) is 1. The molecule has 2 N–H and O–H groups in total. The molecule has 0 bridgehead atoms. The van der Waals surface area contributed by atoms with E-state index in [1.54, 1.807) is 6.92 Å². The summed E-state index contributed by atoms with van der Waals surface area (Å²) in [4.78, 5) is 13.5. The number of rotatable bonds is 8. The molecule has 0 aromatic heterocycles. The summed E-state index contributed by atoms with van der Waals surface area (Å²) in [6, 6.07) is 0. The number of hydrogen-bond acceptors (Lipinski definition) is 3. The molecule has 4 nitrogen and oxygen atoms in total. The lowest BCUT2D eigenvalue weighted by Crippen LogP contribution is -2.49. The Kier molecular flexibility index (Phi) is 6.86. The van der Waals surface area contributed by atoms with Crippen LogP contribution in [-0.2, 0) is 4.79 Å². The Morgan fingerprint density at radius 2 is 1.83 bits per heavy atom. The van der Waals surface area contributed by atoms with Gasteiger partial charge in [-0.15, -0.1) is 0 Å². The second-order valence-corrected chi connectivity index (χ2v) is 6.57. The number of carboxylic acids is 1. The Balaban J connectivity index is 4.11. The van der Waals surface area contributed by atoms with Crippen LogP contribution in [0.5, 0.6) is 0 Å². The van der Waals surface area contributed by atoms with E-state index < -0.39 is 11.5 Å². The fourth-order valence-electron chi connectivity index (χ4n) is 2.25. The van der Waals surface area contributed by atoms with E-state index >= 15 is 0 Å². The number of aliphatic carboxylic acids is 1. The third-order valence-electron chi connectivity index (χ3n) is 3.00. The summed E-state index contributed by atoms with van der Waals surface area (Å²) in [6.07, 6.45) is 1.55. The second kappa shape index (κ2) is 7.10. The SMILES string of the molecule is CCNC(C)(CCCN(C)CC(C)(C)C)C(=O)O. The summed E-state index contributed by atoms with van der Waals surface area (Å²) in [5.74, 6) is -0.761. The Hall–Kier alpha value is -0.610. The zero-order valence-corrected chi connectivity index (χ0v) is 12.8. The molecule has 0 heterocycles. The van der Waals surface area contributed by atoms with Gasteiger partial charge in [0.15, 0.2) is 0 Å². The van der Waals surface area contributed by atoms with Gasteiger partial charge in [-0.25, -0.2) is 0 Å². The molecule has 0 saturated heterocycles. The molecule has 0 fully saturated rings. The third-order valence-corrected chi connectivity index (χ3v) is 3.00. The van der Waals surface area contributed by atoms with Gasteiger partial charge in [-0.1, -0.05) is 27.7 Å². The van der Waals surface area contributed by atoms with E-state index in [0.29, 0.717) is 13.0 Å². The van der Waals surface area contributed by atoms with Gasteiger partial charge in [-0.3, -0.25) is 4.79 Å². The van der Waals surface area contributed by atoms with Crippen molar-refractivity contribution >= 4 is 5.97 Å². The van der Waals surface area contributed by atoms with Gasteiger partial charge in [-0.05, 0) is 45.3 Å². The van der Waals surface area contributed by atoms with Gasteiger partial charge >= 0.3 is 5.97 Å². The lowest BCUT2D eigenvalue weighted by molar-refractivity contribution is -0.144. The Morgan fingerprint density at radius 3 is 2.22 bits per heavy atom. The molecule has 0 aromatic carbocycles. The van der Waals surface area contributed by atoms with E-state index in [9.17, 15) is 9.90 Å². The molecule has 0 amide bonds. The summed E-state index contributed by atoms with van der Waals surface area (Å²) < 4.78 is 0. The van der Waals surface area contributed by atoms with Gasteiger partial charge in [0.05, 0.1) is 0 Å². The highest BCUT2D eigenvalue weighted by Gasteiger charge is 2.31. The molecule has 0 rings (SSSR count). The molecule has 1 unspecified atom stereocenters. The first-order valence-corrected chi connectivity index (χ1v) is 6.78. The average Bonchev–Trinajstić information content (AvgIpc) is 2.14. The van der Waals surface area contributed by atoms with Crippen LogP contribution >= 0.6 is 0 Å². The van der Waals surface area contributed by atoms with Crippen LogP contribution < -0.4 is 5.32 Å². The van der Waals surface area contributed by atoms with Crippen LogP contribution in [0.2, 0.25) is 0 Å². The van der Waals surface area contributed by atoms with Crippen molar-refractivity contribution in [3.8, 4) is 0 Å². The number of carboxylic acid groups (broad SMARTS) is 1. The number of nitrogens with zero attached hydrogens (tertiary/aromatic N) is 1. The zero-order chi connectivity index (χ0) is 14.4. The van der Waals surface area contributed by atoms with E-state index in [2.05, 4.69) is 38.0 Å². The van der Waals surface area contributed by atoms with Crippen molar-refractivity contribution in [2.45, 2.75) is 53.0 Å². The first-order valence-electron chi connectivity index (χ1n) is 6.78. The maximum atomic E-state index is 11.2. The van der Waals surface area contributed by atoms with Crippen molar-refractivity contribution in [1.29, 1.82) is 0 Å². The van der Waals surface area contributed by atoms with Crippen molar-refractivity contribution < 1.29 is 9.90 Å². The first kappa shape index (κ1) is 17.4. The minimum absolute atomic E-state index is 0.284. The van der Waals surface area contributed by atoms with E-state index in [1.165, 1.54) is 0 Å². The third kappa shape index (κ3) is 6.97. The number of carbonyl (C=O) groups is 1. The lowest BCUT2D eigenvalue weighted by Gasteiger charge is -2.29. The number of hydrogen-bond donors (Lipinski definition) is 2. The largest absolute Gasteiger partial charge is 0.480 e. The first-order chi connectivity index (χ1) is 8.10. The molecule has 0 aromatic rings. The summed E-state index contributed by atoms with van der Waals surface area (Å²) >= 11 is 0. The molecule has 4 heteroatoms. The maximum absolute atomic E-state index is 11.2. The number of likely N-dealkylation sites (N-methyl/N-ethyl adjacent to an activating group) is 1. The Labute approximate surface area is 112 Å². The van der Waals surface area contributed by atoms with E-state index in [1.807, 2.05) is 6.92 Å². The van der Waals surface area contributed by atoms with Crippen molar-refractivity contribution in [3.63, 3.8) is 0 Å².